The summed E-state index contributed by atoms with van der Waals surface area (Å²) in [5.74, 6) is 0.643. The van der Waals surface area contributed by atoms with Crippen LogP contribution in [-0.2, 0) is 10.0 Å². The van der Waals surface area contributed by atoms with Crippen LogP contribution in [0.1, 0.15) is 30.9 Å². The molecule has 0 aromatic heterocycles. The van der Waals surface area contributed by atoms with E-state index in [1.807, 2.05) is 19.1 Å². The van der Waals surface area contributed by atoms with E-state index in [1.165, 1.54) is 17.7 Å². The van der Waals surface area contributed by atoms with Crippen LogP contribution >= 0.6 is 0 Å². The van der Waals surface area contributed by atoms with Crippen LogP contribution < -0.4 is 10.0 Å². The maximum absolute atomic E-state index is 13.2. The lowest BCUT2D eigenvalue weighted by molar-refractivity contribution is 0.565. The molecule has 1 aliphatic rings. The van der Waals surface area contributed by atoms with Gasteiger partial charge in [-0.15, -0.1) is 0 Å². The number of benzene rings is 2. The zero-order valence-electron chi connectivity index (χ0n) is 15.5. The van der Waals surface area contributed by atoms with Gasteiger partial charge in [-0.1, -0.05) is 26.0 Å². The van der Waals surface area contributed by atoms with Crippen LogP contribution in [0, 0.1) is 24.1 Å². The van der Waals surface area contributed by atoms with E-state index < -0.39 is 10.0 Å². The van der Waals surface area contributed by atoms with Crippen LogP contribution in [0.4, 0.5) is 15.8 Å². The van der Waals surface area contributed by atoms with Crippen molar-refractivity contribution in [2.45, 2.75) is 26.7 Å². The Morgan fingerprint density at radius 3 is 2.35 bits per heavy atom. The fourth-order valence-electron chi connectivity index (χ4n) is 3.80. The predicted molar refractivity (Wildman–Crippen MR) is 105 cm³/mol. The molecule has 1 saturated carbocycles. The standard InChI is InChI=1S/C20H25FN2O2S/c1-13-11-15(21)7-10-18(13)22-12-17-19(20(17,2)3)14-5-8-16(9-6-14)23-26(4,24)25/h5-11,17,19,22-23H,12H2,1-4H3. The molecule has 0 bridgehead atoms. The molecule has 2 unspecified atom stereocenters. The van der Waals surface area contributed by atoms with Crippen molar-refractivity contribution >= 4 is 21.4 Å². The second-order valence-corrected chi connectivity index (χ2v) is 9.49. The van der Waals surface area contributed by atoms with E-state index in [2.05, 4.69) is 23.9 Å². The molecule has 0 amide bonds. The maximum Gasteiger partial charge on any atom is 0.229 e. The number of hydrogen-bond acceptors (Lipinski definition) is 3. The van der Waals surface area contributed by atoms with Gasteiger partial charge in [0.2, 0.25) is 10.0 Å². The van der Waals surface area contributed by atoms with Gasteiger partial charge in [0, 0.05) is 17.9 Å². The molecule has 2 N–H and O–H groups in total. The van der Waals surface area contributed by atoms with Crippen molar-refractivity contribution in [2.24, 2.45) is 11.3 Å². The van der Waals surface area contributed by atoms with Gasteiger partial charge in [0.25, 0.3) is 0 Å². The lowest BCUT2D eigenvalue weighted by Gasteiger charge is -2.10. The first kappa shape index (κ1) is 18.7. The summed E-state index contributed by atoms with van der Waals surface area (Å²) < 4.78 is 38.3. The summed E-state index contributed by atoms with van der Waals surface area (Å²) in [4.78, 5) is 0. The monoisotopic (exact) mass is 376 g/mol. The van der Waals surface area contributed by atoms with E-state index in [1.54, 1.807) is 18.2 Å². The number of rotatable bonds is 6. The molecule has 2 atom stereocenters. The third-order valence-corrected chi connectivity index (χ3v) is 5.93. The highest BCUT2D eigenvalue weighted by Crippen LogP contribution is 2.64. The molecular formula is C20H25FN2O2S. The molecule has 4 nitrogen and oxygen atoms in total. The first-order valence-corrected chi connectivity index (χ1v) is 10.5. The summed E-state index contributed by atoms with van der Waals surface area (Å²) in [5.41, 5.74) is 3.80. The molecule has 2 aromatic rings. The van der Waals surface area contributed by atoms with Gasteiger partial charge in [-0.05, 0) is 65.6 Å². The molecule has 0 saturated heterocycles. The van der Waals surface area contributed by atoms with Gasteiger partial charge in [0.05, 0.1) is 6.26 Å². The van der Waals surface area contributed by atoms with Gasteiger partial charge in [0.15, 0.2) is 0 Å². The molecule has 0 heterocycles. The Morgan fingerprint density at radius 1 is 1.12 bits per heavy atom. The number of hydrogen-bond donors (Lipinski definition) is 2. The number of halogens is 1. The summed E-state index contributed by atoms with van der Waals surface area (Å²) in [6.07, 6.45) is 1.14. The van der Waals surface area contributed by atoms with Crippen molar-refractivity contribution in [1.29, 1.82) is 0 Å². The molecular weight excluding hydrogens is 351 g/mol. The van der Waals surface area contributed by atoms with Gasteiger partial charge in [-0.25, -0.2) is 12.8 Å². The first-order valence-electron chi connectivity index (χ1n) is 8.66. The molecule has 26 heavy (non-hydrogen) atoms. The van der Waals surface area contributed by atoms with Gasteiger partial charge >= 0.3 is 0 Å². The SMILES string of the molecule is Cc1cc(F)ccc1NCC1C(c2ccc(NS(C)(=O)=O)cc2)C1(C)C. The molecule has 0 radical (unpaired) electrons. The lowest BCUT2D eigenvalue weighted by Crippen LogP contribution is -2.09. The van der Waals surface area contributed by atoms with Gasteiger partial charge in [0.1, 0.15) is 5.82 Å². The Balaban J connectivity index is 1.67. The largest absolute Gasteiger partial charge is 0.385 e. The Kier molecular flexibility index (Phi) is 4.73. The fraction of sp³-hybridized carbons (Fsp3) is 0.400. The van der Waals surface area contributed by atoms with E-state index >= 15 is 0 Å². The van der Waals surface area contributed by atoms with Gasteiger partial charge in [-0.2, -0.15) is 0 Å². The van der Waals surface area contributed by atoms with Crippen LogP contribution in [0.5, 0.6) is 0 Å². The fourth-order valence-corrected chi connectivity index (χ4v) is 4.37. The smallest absolute Gasteiger partial charge is 0.229 e. The second kappa shape index (κ2) is 6.58. The van der Waals surface area contributed by atoms with Crippen LogP contribution in [0.25, 0.3) is 0 Å². The van der Waals surface area contributed by atoms with E-state index in [-0.39, 0.29) is 11.2 Å². The van der Waals surface area contributed by atoms with Crippen LogP contribution in [0.3, 0.4) is 0 Å². The summed E-state index contributed by atoms with van der Waals surface area (Å²) in [6.45, 7) is 7.19. The van der Waals surface area contributed by atoms with Crippen LogP contribution in [-0.4, -0.2) is 21.2 Å². The minimum atomic E-state index is -3.26. The number of aryl methyl sites for hydroxylation is 1. The third kappa shape index (κ3) is 4.01. The molecule has 3 rings (SSSR count). The first-order chi connectivity index (χ1) is 12.1. The van der Waals surface area contributed by atoms with Crippen molar-refractivity contribution in [2.75, 3.05) is 22.8 Å². The quantitative estimate of drug-likeness (QED) is 0.788. The van der Waals surface area contributed by atoms with E-state index in [4.69, 9.17) is 0 Å². The van der Waals surface area contributed by atoms with Crippen molar-refractivity contribution in [3.8, 4) is 0 Å². The zero-order valence-corrected chi connectivity index (χ0v) is 16.3. The molecule has 140 valence electrons. The Hall–Kier alpha value is -2.08. The number of sulfonamides is 1. The average molecular weight is 376 g/mol. The molecule has 1 aliphatic carbocycles. The van der Waals surface area contributed by atoms with Crippen molar-refractivity contribution in [1.82, 2.24) is 0 Å². The highest BCUT2D eigenvalue weighted by Gasteiger charge is 2.57. The molecule has 0 aliphatic heterocycles. The Labute approximate surface area is 154 Å². The molecule has 6 heteroatoms. The van der Waals surface area contributed by atoms with Gasteiger partial charge < -0.3 is 5.32 Å². The third-order valence-electron chi connectivity index (χ3n) is 5.32. The van der Waals surface area contributed by atoms with Crippen LogP contribution in [0.2, 0.25) is 0 Å². The van der Waals surface area contributed by atoms with Crippen molar-refractivity contribution < 1.29 is 12.8 Å². The lowest BCUT2D eigenvalue weighted by atomic mass is 10.0. The minimum absolute atomic E-state index is 0.159. The Bertz CT molecular complexity index is 908. The van der Waals surface area contributed by atoms with Crippen molar-refractivity contribution in [3.05, 3.63) is 59.4 Å². The van der Waals surface area contributed by atoms with E-state index in [9.17, 15) is 12.8 Å². The summed E-state index contributed by atoms with van der Waals surface area (Å²) >= 11 is 0. The highest BCUT2D eigenvalue weighted by atomic mass is 32.2. The highest BCUT2D eigenvalue weighted by molar-refractivity contribution is 7.92. The Morgan fingerprint density at radius 2 is 1.77 bits per heavy atom. The molecule has 1 fully saturated rings. The predicted octanol–water partition coefficient (Wildman–Crippen LogP) is 4.36. The van der Waals surface area contributed by atoms with Gasteiger partial charge in [-0.3, -0.25) is 4.72 Å². The maximum atomic E-state index is 13.2. The van der Waals surface area contributed by atoms with Crippen molar-refractivity contribution in [3.63, 3.8) is 0 Å². The zero-order chi connectivity index (χ0) is 19.1. The molecule has 2 aromatic carbocycles. The average Bonchev–Trinajstić information content (AvgIpc) is 3.07. The van der Waals surface area contributed by atoms with Crippen LogP contribution in [0.15, 0.2) is 42.5 Å². The minimum Gasteiger partial charge on any atom is -0.385 e. The second-order valence-electron chi connectivity index (χ2n) is 7.74. The normalized spacial score (nSPS) is 21.3. The number of anilines is 2. The van der Waals surface area contributed by atoms with E-state index in [0.29, 0.717) is 17.5 Å². The summed E-state index contributed by atoms with van der Waals surface area (Å²) in [7, 11) is -3.26. The summed E-state index contributed by atoms with van der Waals surface area (Å²) in [6, 6.07) is 12.4. The van der Waals surface area contributed by atoms with E-state index in [0.717, 1.165) is 24.1 Å². The topological polar surface area (TPSA) is 58.2 Å². The molecule has 0 spiro atoms. The summed E-state index contributed by atoms with van der Waals surface area (Å²) in [5, 5.41) is 3.44. The number of nitrogens with one attached hydrogen (secondary N) is 2.